The molecule has 1 aliphatic rings. The van der Waals surface area contributed by atoms with E-state index >= 15 is 0 Å². The zero-order chi connectivity index (χ0) is 13.7. The maximum Gasteiger partial charge on any atom is 0.220 e. The van der Waals surface area contributed by atoms with Crippen molar-refractivity contribution in [1.82, 2.24) is 5.32 Å². The number of amides is 1. The van der Waals surface area contributed by atoms with Crippen molar-refractivity contribution in [3.05, 3.63) is 0 Å². The van der Waals surface area contributed by atoms with E-state index in [2.05, 4.69) is 5.32 Å². The van der Waals surface area contributed by atoms with Gasteiger partial charge in [-0.1, -0.05) is 13.3 Å². The third-order valence-corrected chi connectivity index (χ3v) is 2.99. The summed E-state index contributed by atoms with van der Waals surface area (Å²) >= 11 is 0. The molecule has 18 heavy (non-hydrogen) atoms. The largest absolute Gasteiger partial charge is 0.394 e. The van der Waals surface area contributed by atoms with Crippen LogP contribution in [0, 0.1) is 0 Å². The monoisotopic (exact) mass is 263 g/mol. The van der Waals surface area contributed by atoms with Crippen LogP contribution in [0.2, 0.25) is 0 Å². The van der Waals surface area contributed by atoms with E-state index in [0.29, 0.717) is 6.42 Å². The maximum atomic E-state index is 11.5. The number of hydrogen-bond donors (Lipinski definition) is 5. The standard InChI is InChI=1S/C11H21NO6/c1-2-3-4-7(14)12-8-10(16)9(15)6(5-13)18-11(8)17/h6,8-11,13,15-17H,2-5H2,1H3,(H,12,14)/t6?,8-,9-,10-,11+/m1/s1. The molecule has 0 aromatic rings. The average molecular weight is 263 g/mol. The number of carbonyl (C=O) groups excluding carboxylic acids is 1. The summed E-state index contributed by atoms with van der Waals surface area (Å²) in [4.78, 5) is 11.5. The van der Waals surface area contributed by atoms with Gasteiger partial charge in [-0.25, -0.2) is 0 Å². The number of aliphatic hydroxyl groups is 4. The summed E-state index contributed by atoms with van der Waals surface area (Å²) < 4.78 is 4.92. The lowest BCUT2D eigenvalue weighted by Crippen LogP contribution is -2.64. The molecule has 0 saturated carbocycles. The van der Waals surface area contributed by atoms with Crippen LogP contribution in [0.25, 0.3) is 0 Å². The molecule has 106 valence electrons. The van der Waals surface area contributed by atoms with Gasteiger partial charge in [0.15, 0.2) is 6.29 Å². The van der Waals surface area contributed by atoms with E-state index in [4.69, 9.17) is 9.84 Å². The van der Waals surface area contributed by atoms with Crippen LogP contribution in [0.3, 0.4) is 0 Å². The molecule has 0 aromatic heterocycles. The van der Waals surface area contributed by atoms with Gasteiger partial charge in [-0.2, -0.15) is 0 Å². The fourth-order valence-electron chi connectivity index (χ4n) is 1.85. The lowest BCUT2D eigenvalue weighted by atomic mass is 9.97. The quantitative estimate of drug-likeness (QED) is 0.395. The SMILES string of the molecule is CCCCC(=O)N[C@@H]1[C@@H](O)[C@H](O)C(CO)O[C@@H]1O. The van der Waals surface area contributed by atoms with Crippen LogP contribution in [0.4, 0.5) is 0 Å². The second-order valence-electron chi connectivity index (χ2n) is 4.43. The highest BCUT2D eigenvalue weighted by Gasteiger charge is 2.44. The molecule has 5 N–H and O–H groups in total. The number of aliphatic hydroxyl groups excluding tert-OH is 4. The van der Waals surface area contributed by atoms with Crippen LogP contribution in [0.15, 0.2) is 0 Å². The normalized spacial score (nSPS) is 36.4. The summed E-state index contributed by atoms with van der Waals surface area (Å²) in [5.41, 5.74) is 0. The van der Waals surface area contributed by atoms with Crippen LogP contribution in [0.1, 0.15) is 26.2 Å². The van der Waals surface area contributed by atoms with Crippen molar-refractivity contribution in [2.75, 3.05) is 6.61 Å². The number of ether oxygens (including phenoxy) is 1. The summed E-state index contributed by atoms with van der Waals surface area (Å²) in [7, 11) is 0. The van der Waals surface area contributed by atoms with E-state index in [1.165, 1.54) is 0 Å². The predicted octanol–water partition coefficient (Wildman–Crippen LogP) is -1.91. The topological polar surface area (TPSA) is 119 Å². The minimum Gasteiger partial charge on any atom is -0.394 e. The van der Waals surface area contributed by atoms with Crippen molar-refractivity contribution in [3.8, 4) is 0 Å². The first kappa shape index (κ1) is 15.3. The molecule has 0 spiro atoms. The molecule has 0 radical (unpaired) electrons. The highest BCUT2D eigenvalue weighted by atomic mass is 16.6. The second kappa shape index (κ2) is 7.01. The highest BCUT2D eigenvalue weighted by molar-refractivity contribution is 5.76. The fraction of sp³-hybridized carbons (Fsp3) is 0.909. The first-order chi connectivity index (χ1) is 8.51. The van der Waals surface area contributed by atoms with Gasteiger partial charge in [-0.05, 0) is 6.42 Å². The van der Waals surface area contributed by atoms with Crippen molar-refractivity contribution in [2.24, 2.45) is 0 Å². The average Bonchev–Trinajstić information content (AvgIpc) is 2.36. The zero-order valence-corrected chi connectivity index (χ0v) is 10.3. The van der Waals surface area contributed by atoms with Crippen molar-refractivity contribution in [2.45, 2.75) is 56.8 Å². The molecule has 1 unspecified atom stereocenters. The van der Waals surface area contributed by atoms with Crippen molar-refractivity contribution < 1.29 is 30.0 Å². The number of hydrogen-bond acceptors (Lipinski definition) is 6. The molecule has 0 aliphatic carbocycles. The van der Waals surface area contributed by atoms with Gasteiger partial charge in [0.2, 0.25) is 5.91 Å². The van der Waals surface area contributed by atoms with E-state index in [1.807, 2.05) is 6.92 Å². The van der Waals surface area contributed by atoms with Gasteiger partial charge in [-0.3, -0.25) is 4.79 Å². The van der Waals surface area contributed by atoms with Gasteiger partial charge < -0.3 is 30.5 Å². The Kier molecular flexibility index (Phi) is 5.97. The molecule has 7 heteroatoms. The number of nitrogens with one attached hydrogen (secondary N) is 1. The highest BCUT2D eigenvalue weighted by Crippen LogP contribution is 2.19. The summed E-state index contributed by atoms with van der Waals surface area (Å²) in [6.45, 7) is 1.42. The Hall–Kier alpha value is -0.730. The van der Waals surface area contributed by atoms with Crippen molar-refractivity contribution in [1.29, 1.82) is 0 Å². The van der Waals surface area contributed by atoms with Crippen LogP contribution < -0.4 is 5.32 Å². The van der Waals surface area contributed by atoms with Crippen LogP contribution in [0.5, 0.6) is 0 Å². The Labute approximate surface area is 105 Å². The van der Waals surface area contributed by atoms with Crippen LogP contribution >= 0.6 is 0 Å². The Bertz CT molecular complexity index is 274. The molecule has 7 nitrogen and oxygen atoms in total. The minimum absolute atomic E-state index is 0.284. The Morgan fingerprint density at radius 3 is 2.50 bits per heavy atom. The van der Waals surface area contributed by atoms with Gasteiger partial charge in [0.1, 0.15) is 24.4 Å². The fourth-order valence-corrected chi connectivity index (χ4v) is 1.85. The molecular weight excluding hydrogens is 242 g/mol. The molecular formula is C11H21NO6. The number of unbranched alkanes of at least 4 members (excludes halogenated alkanes) is 1. The first-order valence-electron chi connectivity index (χ1n) is 6.11. The Morgan fingerprint density at radius 1 is 1.28 bits per heavy atom. The summed E-state index contributed by atoms with van der Waals surface area (Å²) in [6, 6.07) is -1.09. The summed E-state index contributed by atoms with van der Waals surface area (Å²) in [5.74, 6) is -0.321. The van der Waals surface area contributed by atoms with Crippen LogP contribution in [-0.2, 0) is 9.53 Å². The molecule has 1 amide bonds. The second-order valence-corrected chi connectivity index (χ2v) is 4.43. The van der Waals surface area contributed by atoms with Crippen molar-refractivity contribution in [3.63, 3.8) is 0 Å². The Morgan fingerprint density at radius 2 is 1.94 bits per heavy atom. The molecule has 1 heterocycles. The molecule has 1 saturated heterocycles. The minimum atomic E-state index is -1.45. The third kappa shape index (κ3) is 3.63. The Balaban J connectivity index is 2.57. The zero-order valence-electron chi connectivity index (χ0n) is 10.3. The lowest BCUT2D eigenvalue weighted by molar-refractivity contribution is -0.253. The molecule has 1 fully saturated rings. The number of rotatable bonds is 5. The maximum absolute atomic E-state index is 11.5. The summed E-state index contributed by atoms with van der Waals surface area (Å²) in [6.07, 6.45) is -3.40. The van der Waals surface area contributed by atoms with Crippen molar-refractivity contribution >= 4 is 5.91 Å². The smallest absolute Gasteiger partial charge is 0.220 e. The molecule has 1 rings (SSSR count). The van der Waals surface area contributed by atoms with Gasteiger partial charge >= 0.3 is 0 Å². The molecule has 0 aromatic carbocycles. The van der Waals surface area contributed by atoms with E-state index in [0.717, 1.165) is 6.42 Å². The summed E-state index contributed by atoms with van der Waals surface area (Å²) in [5, 5.41) is 40.3. The van der Waals surface area contributed by atoms with Crippen LogP contribution in [-0.4, -0.2) is 63.6 Å². The molecule has 1 aliphatic heterocycles. The predicted molar refractivity (Wildman–Crippen MR) is 61.4 cm³/mol. The number of carbonyl (C=O) groups is 1. The first-order valence-corrected chi connectivity index (χ1v) is 6.11. The van der Waals surface area contributed by atoms with E-state index in [9.17, 15) is 20.1 Å². The molecule has 0 bridgehead atoms. The lowest BCUT2D eigenvalue weighted by Gasteiger charge is -2.40. The van der Waals surface area contributed by atoms with Gasteiger partial charge in [-0.15, -0.1) is 0 Å². The van der Waals surface area contributed by atoms with Gasteiger partial charge in [0, 0.05) is 6.42 Å². The van der Waals surface area contributed by atoms with E-state index in [1.54, 1.807) is 0 Å². The third-order valence-electron chi connectivity index (χ3n) is 2.99. The van der Waals surface area contributed by atoms with E-state index in [-0.39, 0.29) is 12.3 Å². The molecule has 5 atom stereocenters. The van der Waals surface area contributed by atoms with E-state index < -0.39 is 37.3 Å². The van der Waals surface area contributed by atoms with Gasteiger partial charge in [0.25, 0.3) is 0 Å². The van der Waals surface area contributed by atoms with Gasteiger partial charge in [0.05, 0.1) is 6.61 Å².